The van der Waals surface area contributed by atoms with E-state index in [0.29, 0.717) is 37.3 Å². The van der Waals surface area contributed by atoms with Crippen molar-refractivity contribution in [2.45, 2.75) is 58.2 Å². The predicted octanol–water partition coefficient (Wildman–Crippen LogP) is 2.94. The second-order valence-corrected chi connectivity index (χ2v) is 7.93. The predicted molar refractivity (Wildman–Crippen MR) is 111 cm³/mol. The van der Waals surface area contributed by atoms with Gasteiger partial charge in [-0.3, -0.25) is 4.79 Å². The standard InChI is InChI=1S/C22H34N4O2/c1-4-25(5-2)21(27)18-12-10-17(11-13-18)16-23-22(28)26-15-7-9-20(26)19-8-6-14-24(19)3/h10-13,19-20H,4-9,14-16H2,1-3H3,(H,23,28). The quantitative estimate of drug-likeness (QED) is 0.818. The minimum absolute atomic E-state index is 0.0334. The molecular weight excluding hydrogens is 352 g/mol. The van der Waals surface area contributed by atoms with E-state index in [9.17, 15) is 9.59 Å². The Hall–Kier alpha value is -2.08. The maximum Gasteiger partial charge on any atom is 0.317 e. The zero-order valence-electron chi connectivity index (χ0n) is 17.5. The van der Waals surface area contributed by atoms with Crippen molar-refractivity contribution in [1.82, 2.24) is 20.0 Å². The maximum absolute atomic E-state index is 12.8. The molecule has 28 heavy (non-hydrogen) atoms. The number of urea groups is 1. The Balaban J connectivity index is 1.55. The van der Waals surface area contributed by atoms with E-state index in [2.05, 4.69) is 17.3 Å². The monoisotopic (exact) mass is 386 g/mol. The van der Waals surface area contributed by atoms with Gasteiger partial charge in [0.25, 0.3) is 5.91 Å². The first kappa shape index (κ1) is 20.6. The van der Waals surface area contributed by atoms with Crippen LogP contribution >= 0.6 is 0 Å². The fourth-order valence-electron chi connectivity index (χ4n) is 4.60. The minimum Gasteiger partial charge on any atom is -0.339 e. The molecule has 0 aromatic heterocycles. The van der Waals surface area contributed by atoms with Crippen LogP contribution in [-0.2, 0) is 6.54 Å². The molecule has 2 atom stereocenters. The number of likely N-dealkylation sites (N-methyl/N-ethyl adjacent to an activating group) is 1. The number of nitrogens with one attached hydrogen (secondary N) is 1. The van der Waals surface area contributed by atoms with Gasteiger partial charge >= 0.3 is 6.03 Å². The van der Waals surface area contributed by atoms with E-state index in [0.717, 1.165) is 31.5 Å². The number of likely N-dealkylation sites (tertiary alicyclic amines) is 2. The third kappa shape index (κ3) is 4.49. The Labute approximate surface area is 168 Å². The SMILES string of the molecule is CCN(CC)C(=O)c1ccc(CNC(=O)N2CCCC2C2CCCN2C)cc1. The molecule has 0 spiro atoms. The second-order valence-electron chi connectivity index (χ2n) is 7.93. The third-order valence-electron chi connectivity index (χ3n) is 6.28. The third-order valence-corrected chi connectivity index (χ3v) is 6.28. The normalized spacial score (nSPS) is 22.5. The van der Waals surface area contributed by atoms with Gasteiger partial charge in [-0.25, -0.2) is 4.79 Å². The molecule has 2 aliphatic heterocycles. The fourth-order valence-corrected chi connectivity index (χ4v) is 4.60. The summed E-state index contributed by atoms with van der Waals surface area (Å²) in [6.45, 7) is 7.86. The summed E-state index contributed by atoms with van der Waals surface area (Å²) in [5.41, 5.74) is 1.71. The van der Waals surface area contributed by atoms with Crippen molar-refractivity contribution in [2.75, 3.05) is 33.2 Å². The molecule has 0 aliphatic carbocycles. The van der Waals surface area contributed by atoms with Crippen molar-refractivity contribution in [3.05, 3.63) is 35.4 Å². The molecule has 2 saturated heterocycles. The number of hydrogen-bond donors (Lipinski definition) is 1. The lowest BCUT2D eigenvalue weighted by atomic mass is 10.0. The molecular formula is C22H34N4O2. The van der Waals surface area contributed by atoms with Gasteiger partial charge < -0.3 is 20.0 Å². The first-order valence-corrected chi connectivity index (χ1v) is 10.7. The smallest absolute Gasteiger partial charge is 0.317 e. The fraction of sp³-hybridized carbons (Fsp3) is 0.636. The van der Waals surface area contributed by atoms with Crippen molar-refractivity contribution < 1.29 is 9.59 Å². The van der Waals surface area contributed by atoms with Gasteiger partial charge in [0.2, 0.25) is 0 Å². The van der Waals surface area contributed by atoms with E-state index in [1.54, 1.807) is 0 Å². The zero-order chi connectivity index (χ0) is 20.1. The number of amides is 3. The van der Waals surface area contributed by atoms with E-state index in [4.69, 9.17) is 0 Å². The summed E-state index contributed by atoms with van der Waals surface area (Å²) < 4.78 is 0. The van der Waals surface area contributed by atoms with E-state index < -0.39 is 0 Å². The first-order valence-electron chi connectivity index (χ1n) is 10.7. The maximum atomic E-state index is 12.8. The summed E-state index contributed by atoms with van der Waals surface area (Å²) in [4.78, 5) is 31.4. The van der Waals surface area contributed by atoms with Crippen LogP contribution in [0.15, 0.2) is 24.3 Å². The number of benzene rings is 1. The summed E-state index contributed by atoms with van der Waals surface area (Å²) in [5.74, 6) is 0.0566. The van der Waals surface area contributed by atoms with Crippen LogP contribution in [0.4, 0.5) is 4.79 Å². The Morgan fingerprint density at radius 2 is 1.68 bits per heavy atom. The number of hydrogen-bond acceptors (Lipinski definition) is 3. The van der Waals surface area contributed by atoms with Crippen molar-refractivity contribution in [3.8, 4) is 0 Å². The second kappa shape index (κ2) is 9.41. The van der Waals surface area contributed by atoms with E-state index in [1.165, 1.54) is 12.8 Å². The Morgan fingerprint density at radius 1 is 1.04 bits per heavy atom. The summed E-state index contributed by atoms with van der Waals surface area (Å²) in [6, 6.07) is 8.45. The van der Waals surface area contributed by atoms with Gasteiger partial charge in [0, 0.05) is 43.8 Å². The van der Waals surface area contributed by atoms with Gasteiger partial charge in [0.05, 0.1) is 0 Å². The molecule has 3 rings (SSSR count). The molecule has 0 saturated carbocycles. The van der Waals surface area contributed by atoms with Crippen LogP contribution < -0.4 is 5.32 Å². The lowest BCUT2D eigenvalue weighted by Gasteiger charge is -2.33. The first-order chi connectivity index (χ1) is 13.5. The number of carbonyl (C=O) groups is 2. The highest BCUT2D eigenvalue weighted by Crippen LogP contribution is 2.29. The van der Waals surface area contributed by atoms with Crippen LogP contribution in [0.5, 0.6) is 0 Å². The number of nitrogens with zero attached hydrogens (tertiary/aromatic N) is 3. The lowest BCUT2D eigenvalue weighted by Crippen LogP contribution is -2.50. The molecule has 1 aromatic carbocycles. The Bertz CT molecular complexity index is 672. The van der Waals surface area contributed by atoms with Crippen LogP contribution in [0.25, 0.3) is 0 Å². The largest absolute Gasteiger partial charge is 0.339 e. The van der Waals surface area contributed by atoms with Crippen LogP contribution in [0.1, 0.15) is 55.5 Å². The van der Waals surface area contributed by atoms with E-state index in [1.807, 2.05) is 47.9 Å². The molecule has 2 fully saturated rings. The lowest BCUT2D eigenvalue weighted by molar-refractivity contribution is 0.0773. The van der Waals surface area contributed by atoms with Crippen LogP contribution in [-0.4, -0.2) is 71.9 Å². The molecule has 154 valence electrons. The van der Waals surface area contributed by atoms with Crippen LogP contribution in [0, 0.1) is 0 Å². The molecule has 0 bridgehead atoms. The highest BCUT2D eigenvalue weighted by Gasteiger charge is 2.38. The molecule has 6 nitrogen and oxygen atoms in total. The summed E-state index contributed by atoms with van der Waals surface area (Å²) in [6.07, 6.45) is 4.61. The van der Waals surface area contributed by atoms with Gasteiger partial charge in [-0.05, 0) is 70.8 Å². The topological polar surface area (TPSA) is 55.9 Å². The molecule has 0 radical (unpaired) electrons. The van der Waals surface area contributed by atoms with E-state index in [-0.39, 0.29) is 11.9 Å². The molecule has 2 aliphatic rings. The number of carbonyl (C=O) groups excluding carboxylic acids is 2. The van der Waals surface area contributed by atoms with Gasteiger partial charge in [-0.1, -0.05) is 12.1 Å². The zero-order valence-corrected chi connectivity index (χ0v) is 17.5. The molecule has 1 N–H and O–H groups in total. The molecule has 3 amide bonds. The molecule has 2 unspecified atom stereocenters. The van der Waals surface area contributed by atoms with E-state index >= 15 is 0 Å². The highest BCUT2D eigenvalue weighted by molar-refractivity contribution is 5.94. The molecule has 6 heteroatoms. The highest BCUT2D eigenvalue weighted by atomic mass is 16.2. The van der Waals surface area contributed by atoms with Gasteiger partial charge in [0.1, 0.15) is 0 Å². The van der Waals surface area contributed by atoms with Crippen LogP contribution in [0.3, 0.4) is 0 Å². The Morgan fingerprint density at radius 3 is 2.29 bits per heavy atom. The van der Waals surface area contributed by atoms with Crippen molar-refractivity contribution >= 4 is 11.9 Å². The summed E-state index contributed by atoms with van der Waals surface area (Å²) >= 11 is 0. The average Bonchev–Trinajstić information content (AvgIpc) is 3.36. The number of rotatable bonds is 6. The summed E-state index contributed by atoms with van der Waals surface area (Å²) in [5, 5.41) is 3.08. The van der Waals surface area contributed by atoms with Gasteiger partial charge in [-0.2, -0.15) is 0 Å². The van der Waals surface area contributed by atoms with Crippen molar-refractivity contribution in [3.63, 3.8) is 0 Å². The van der Waals surface area contributed by atoms with Crippen LogP contribution in [0.2, 0.25) is 0 Å². The Kier molecular flexibility index (Phi) is 6.94. The average molecular weight is 387 g/mol. The van der Waals surface area contributed by atoms with Crippen molar-refractivity contribution in [1.29, 1.82) is 0 Å². The van der Waals surface area contributed by atoms with Gasteiger partial charge in [0.15, 0.2) is 0 Å². The summed E-state index contributed by atoms with van der Waals surface area (Å²) in [7, 11) is 2.17. The molecule has 1 aromatic rings. The van der Waals surface area contributed by atoms with Gasteiger partial charge in [-0.15, -0.1) is 0 Å². The van der Waals surface area contributed by atoms with Crippen molar-refractivity contribution in [2.24, 2.45) is 0 Å². The molecule has 2 heterocycles. The minimum atomic E-state index is 0.0334.